The first-order valence-corrected chi connectivity index (χ1v) is 9.73. The van der Waals surface area contributed by atoms with E-state index in [-0.39, 0.29) is 18.9 Å². The molecule has 1 aromatic heterocycles. The Morgan fingerprint density at radius 1 is 1.28 bits per heavy atom. The highest BCUT2D eigenvalue weighted by atomic mass is 32.1. The number of aryl methyl sites for hydroxylation is 1. The molecule has 0 N–H and O–H groups in total. The minimum atomic E-state index is -0.239. The van der Waals surface area contributed by atoms with E-state index in [0.29, 0.717) is 6.42 Å². The standard InChI is InChI=1S/C20H24O4S/c1-3-5-8-17(24-20(21)11-15-7-6-9-25-15)16-12-19-18(22-13-23-19)10-14(16)4-2/h6-7,9-10,12,17H,3-5,8,11,13H2,1-2H3. The van der Waals surface area contributed by atoms with Crippen molar-refractivity contribution in [2.75, 3.05) is 6.79 Å². The summed E-state index contributed by atoms with van der Waals surface area (Å²) in [7, 11) is 0. The molecular formula is C20H24O4S. The number of esters is 1. The highest BCUT2D eigenvalue weighted by molar-refractivity contribution is 7.10. The summed E-state index contributed by atoms with van der Waals surface area (Å²) in [6.45, 7) is 4.50. The van der Waals surface area contributed by atoms with Crippen LogP contribution in [0.2, 0.25) is 0 Å². The number of hydrogen-bond donors (Lipinski definition) is 0. The van der Waals surface area contributed by atoms with Crippen molar-refractivity contribution >= 4 is 17.3 Å². The van der Waals surface area contributed by atoms with Gasteiger partial charge in [-0.25, -0.2) is 0 Å². The molecule has 5 heteroatoms. The van der Waals surface area contributed by atoms with Crippen molar-refractivity contribution in [3.05, 3.63) is 45.6 Å². The van der Waals surface area contributed by atoms with Gasteiger partial charge in [0, 0.05) is 4.88 Å². The molecule has 3 rings (SSSR count). The van der Waals surface area contributed by atoms with Gasteiger partial charge in [-0.3, -0.25) is 4.79 Å². The predicted octanol–water partition coefficient (Wildman–Crippen LogP) is 5.06. The highest BCUT2D eigenvalue weighted by Crippen LogP contribution is 2.39. The minimum Gasteiger partial charge on any atom is -0.457 e. The molecule has 2 heterocycles. The van der Waals surface area contributed by atoms with Gasteiger partial charge in [0.2, 0.25) is 6.79 Å². The molecule has 1 aliphatic heterocycles. The van der Waals surface area contributed by atoms with E-state index in [0.717, 1.165) is 53.2 Å². The molecule has 2 aromatic rings. The van der Waals surface area contributed by atoms with Gasteiger partial charge in [-0.05, 0) is 54.0 Å². The fraction of sp³-hybridized carbons (Fsp3) is 0.450. The first-order valence-electron chi connectivity index (χ1n) is 8.85. The first kappa shape index (κ1) is 17.8. The van der Waals surface area contributed by atoms with Gasteiger partial charge in [-0.1, -0.05) is 26.3 Å². The average molecular weight is 360 g/mol. The SMILES string of the molecule is CCCCC(OC(=O)Cc1cccs1)c1cc2c(cc1CC)OCO2. The summed E-state index contributed by atoms with van der Waals surface area (Å²) in [5, 5.41) is 1.98. The molecular weight excluding hydrogens is 336 g/mol. The highest BCUT2D eigenvalue weighted by Gasteiger charge is 2.24. The zero-order valence-corrected chi connectivity index (χ0v) is 15.6. The second-order valence-electron chi connectivity index (χ2n) is 6.13. The molecule has 0 saturated carbocycles. The first-order chi connectivity index (χ1) is 12.2. The molecule has 0 aliphatic carbocycles. The Kier molecular flexibility index (Phi) is 5.97. The van der Waals surface area contributed by atoms with E-state index < -0.39 is 0 Å². The third-order valence-corrected chi connectivity index (χ3v) is 5.23. The van der Waals surface area contributed by atoms with Gasteiger partial charge in [-0.15, -0.1) is 11.3 Å². The van der Waals surface area contributed by atoms with Gasteiger partial charge in [0.1, 0.15) is 6.10 Å². The summed E-state index contributed by atoms with van der Waals surface area (Å²) in [6.07, 6.45) is 3.83. The van der Waals surface area contributed by atoms with Crippen molar-refractivity contribution in [2.45, 2.75) is 52.1 Å². The molecule has 0 saturated heterocycles. The second kappa shape index (κ2) is 8.39. The van der Waals surface area contributed by atoms with Crippen LogP contribution in [-0.4, -0.2) is 12.8 Å². The molecule has 134 valence electrons. The molecule has 1 aromatic carbocycles. The van der Waals surface area contributed by atoms with E-state index in [4.69, 9.17) is 14.2 Å². The van der Waals surface area contributed by atoms with Crippen molar-refractivity contribution < 1.29 is 19.0 Å². The van der Waals surface area contributed by atoms with E-state index in [1.807, 2.05) is 29.6 Å². The van der Waals surface area contributed by atoms with Crippen molar-refractivity contribution in [3.8, 4) is 11.5 Å². The Morgan fingerprint density at radius 2 is 2.08 bits per heavy atom. The van der Waals surface area contributed by atoms with Gasteiger partial charge in [-0.2, -0.15) is 0 Å². The van der Waals surface area contributed by atoms with Crippen molar-refractivity contribution in [1.82, 2.24) is 0 Å². The van der Waals surface area contributed by atoms with E-state index in [9.17, 15) is 4.79 Å². The largest absolute Gasteiger partial charge is 0.457 e. The Balaban J connectivity index is 1.81. The number of benzene rings is 1. The second-order valence-corrected chi connectivity index (χ2v) is 7.17. The normalized spacial score (nSPS) is 13.7. The van der Waals surface area contributed by atoms with Gasteiger partial charge >= 0.3 is 5.97 Å². The van der Waals surface area contributed by atoms with Gasteiger partial charge in [0.15, 0.2) is 11.5 Å². The summed E-state index contributed by atoms with van der Waals surface area (Å²) in [4.78, 5) is 13.4. The van der Waals surface area contributed by atoms with Crippen LogP contribution in [0.25, 0.3) is 0 Å². The van der Waals surface area contributed by atoms with E-state index in [1.165, 1.54) is 0 Å². The van der Waals surface area contributed by atoms with Gasteiger partial charge < -0.3 is 14.2 Å². The van der Waals surface area contributed by atoms with Crippen LogP contribution >= 0.6 is 11.3 Å². The lowest BCUT2D eigenvalue weighted by molar-refractivity contribution is -0.149. The fourth-order valence-corrected chi connectivity index (χ4v) is 3.72. The van der Waals surface area contributed by atoms with E-state index in [2.05, 4.69) is 13.8 Å². The molecule has 1 unspecified atom stereocenters. The molecule has 0 spiro atoms. The summed E-state index contributed by atoms with van der Waals surface area (Å²) < 4.78 is 16.9. The molecule has 1 atom stereocenters. The third kappa shape index (κ3) is 4.34. The molecule has 25 heavy (non-hydrogen) atoms. The van der Waals surface area contributed by atoms with Gasteiger partial charge in [0.05, 0.1) is 6.42 Å². The quantitative estimate of drug-likeness (QED) is 0.618. The topological polar surface area (TPSA) is 44.8 Å². The third-order valence-electron chi connectivity index (χ3n) is 4.35. The van der Waals surface area contributed by atoms with E-state index >= 15 is 0 Å². The number of unbranched alkanes of at least 4 members (excludes halogenated alkanes) is 1. The van der Waals surface area contributed by atoms with Crippen molar-refractivity contribution in [3.63, 3.8) is 0 Å². The van der Waals surface area contributed by atoms with E-state index in [1.54, 1.807) is 11.3 Å². The Bertz CT molecular complexity index is 709. The number of carbonyl (C=O) groups excluding carboxylic acids is 1. The van der Waals surface area contributed by atoms with Crippen LogP contribution in [0.4, 0.5) is 0 Å². The maximum absolute atomic E-state index is 12.4. The Labute approximate surface area is 152 Å². The lowest BCUT2D eigenvalue weighted by Gasteiger charge is -2.21. The van der Waals surface area contributed by atoms with Crippen LogP contribution in [0, 0.1) is 0 Å². The molecule has 1 aliphatic rings. The van der Waals surface area contributed by atoms with Crippen LogP contribution in [0.5, 0.6) is 11.5 Å². The minimum absolute atomic E-state index is 0.178. The summed E-state index contributed by atoms with van der Waals surface area (Å²) in [5.74, 6) is 1.34. The molecule has 4 nitrogen and oxygen atoms in total. The number of ether oxygens (including phenoxy) is 3. The number of carbonyl (C=O) groups is 1. The maximum Gasteiger partial charge on any atom is 0.311 e. The monoisotopic (exact) mass is 360 g/mol. The Morgan fingerprint density at radius 3 is 2.76 bits per heavy atom. The lowest BCUT2D eigenvalue weighted by atomic mass is 9.96. The lowest BCUT2D eigenvalue weighted by Crippen LogP contribution is -2.15. The van der Waals surface area contributed by atoms with Crippen LogP contribution in [0.15, 0.2) is 29.6 Å². The van der Waals surface area contributed by atoms with Crippen LogP contribution in [0.1, 0.15) is 55.2 Å². The molecule has 0 amide bonds. The molecule has 0 bridgehead atoms. The fourth-order valence-electron chi connectivity index (χ4n) is 3.03. The van der Waals surface area contributed by atoms with Crippen LogP contribution in [0.3, 0.4) is 0 Å². The summed E-state index contributed by atoms with van der Waals surface area (Å²) >= 11 is 1.58. The summed E-state index contributed by atoms with van der Waals surface area (Å²) in [5.41, 5.74) is 2.19. The van der Waals surface area contributed by atoms with Crippen molar-refractivity contribution in [2.24, 2.45) is 0 Å². The average Bonchev–Trinajstić information content (AvgIpc) is 3.28. The Hall–Kier alpha value is -2.01. The summed E-state index contributed by atoms with van der Waals surface area (Å²) in [6, 6.07) is 7.92. The number of thiophene rings is 1. The number of rotatable bonds is 8. The molecule has 0 fully saturated rings. The molecule has 0 radical (unpaired) electrons. The zero-order valence-electron chi connectivity index (χ0n) is 14.7. The zero-order chi connectivity index (χ0) is 17.6. The van der Waals surface area contributed by atoms with Gasteiger partial charge in [0.25, 0.3) is 0 Å². The number of fused-ring (bicyclic) bond motifs is 1. The van der Waals surface area contributed by atoms with Crippen LogP contribution < -0.4 is 9.47 Å². The van der Waals surface area contributed by atoms with Crippen LogP contribution in [-0.2, 0) is 22.4 Å². The predicted molar refractivity (Wildman–Crippen MR) is 98.3 cm³/mol. The smallest absolute Gasteiger partial charge is 0.311 e. The number of hydrogen-bond acceptors (Lipinski definition) is 5. The van der Waals surface area contributed by atoms with Crippen molar-refractivity contribution in [1.29, 1.82) is 0 Å². The maximum atomic E-state index is 12.4.